The SMILES string of the molecule is CC1(c2cncn2C2(C(F)(F)F)CC2)CCNC1. The molecule has 0 amide bonds. The van der Waals surface area contributed by atoms with E-state index in [0.29, 0.717) is 12.2 Å². The monoisotopic (exact) mass is 259 g/mol. The van der Waals surface area contributed by atoms with Gasteiger partial charge < -0.3 is 9.88 Å². The highest BCUT2D eigenvalue weighted by Gasteiger charge is 2.65. The maximum atomic E-state index is 13.2. The van der Waals surface area contributed by atoms with E-state index in [-0.39, 0.29) is 18.3 Å². The molecule has 3 nitrogen and oxygen atoms in total. The van der Waals surface area contributed by atoms with Crippen LogP contribution >= 0.6 is 0 Å². The fourth-order valence-corrected chi connectivity index (χ4v) is 2.90. The van der Waals surface area contributed by atoms with Crippen LogP contribution in [0.4, 0.5) is 13.2 Å². The predicted molar refractivity (Wildman–Crippen MR) is 60.3 cm³/mol. The molecule has 1 saturated heterocycles. The molecule has 1 aliphatic heterocycles. The number of rotatable bonds is 2. The normalized spacial score (nSPS) is 30.7. The van der Waals surface area contributed by atoms with Crippen LogP contribution in [0.25, 0.3) is 0 Å². The summed E-state index contributed by atoms with van der Waals surface area (Å²) in [5.74, 6) is 0. The predicted octanol–water partition coefficient (Wildman–Crippen LogP) is 2.19. The molecule has 1 aliphatic carbocycles. The van der Waals surface area contributed by atoms with Crippen molar-refractivity contribution in [1.29, 1.82) is 0 Å². The number of hydrogen-bond acceptors (Lipinski definition) is 2. The van der Waals surface area contributed by atoms with E-state index in [1.165, 1.54) is 10.9 Å². The molecule has 0 aromatic carbocycles. The molecular formula is C12H16F3N3. The third-order valence-electron chi connectivity index (χ3n) is 4.34. The molecule has 1 saturated carbocycles. The number of nitrogens with one attached hydrogen (secondary N) is 1. The summed E-state index contributed by atoms with van der Waals surface area (Å²) >= 11 is 0. The van der Waals surface area contributed by atoms with Gasteiger partial charge in [0, 0.05) is 23.9 Å². The lowest BCUT2D eigenvalue weighted by Crippen LogP contribution is -2.39. The van der Waals surface area contributed by atoms with Crippen molar-refractivity contribution >= 4 is 0 Å². The molecule has 6 heteroatoms. The average Bonchev–Trinajstić information content (AvgIpc) is 2.76. The second kappa shape index (κ2) is 3.50. The zero-order valence-corrected chi connectivity index (χ0v) is 10.2. The molecule has 0 bridgehead atoms. The smallest absolute Gasteiger partial charge is 0.319 e. The Morgan fingerprint density at radius 2 is 2.06 bits per heavy atom. The first-order chi connectivity index (χ1) is 8.39. The maximum Gasteiger partial charge on any atom is 0.411 e. The molecule has 100 valence electrons. The van der Waals surface area contributed by atoms with Gasteiger partial charge in [0.25, 0.3) is 0 Å². The second-order valence-electron chi connectivity index (χ2n) is 5.67. The molecule has 2 fully saturated rings. The van der Waals surface area contributed by atoms with E-state index in [1.54, 1.807) is 6.20 Å². The Morgan fingerprint density at radius 1 is 1.33 bits per heavy atom. The maximum absolute atomic E-state index is 13.2. The highest BCUT2D eigenvalue weighted by atomic mass is 19.4. The molecule has 18 heavy (non-hydrogen) atoms. The van der Waals surface area contributed by atoms with Crippen LogP contribution in [0.15, 0.2) is 12.5 Å². The van der Waals surface area contributed by atoms with E-state index in [1.807, 2.05) is 6.92 Å². The molecule has 1 atom stereocenters. The molecule has 2 heterocycles. The largest absolute Gasteiger partial charge is 0.411 e. The van der Waals surface area contributed by atoms with Gasteiger partial charge in [-0.15, -0.1) is 0 Å². The quantitative estimate of drug-likeness (QED) is 0.882. The molecule has 1 N–H and O–H groups in total. The van der Waals surface area contributed by atoms with Crippen LogP contribution in [0.3, 0.4) is 0 Å². The molecular weight excluding hydrogens is 243 g/mol. The molecule has 1 unspecified atom stereocenters. The Balaban J connectivity index is 2.03. The van der Waals surface area contributed by atoms with Crippen molar-refractivity contribution in [3.63, 3.8) is 0 Å². The number of alkyl halides is 3. The van der Waals surface area contributed by atoms with Crippen LogP contribution in [0.1, 0.15) is 31.9 Å². The summed E-state index contributed by atoms with van der Waals surface area (Å²) in [5.41, 5.74) is -1.22. The Hall–Kier alpha value is -1.04. The zero-order chi connectivity index (χ0) is 13.0. The first-order valence-corrected chi connectivity index (χ1v) is 6.20. The van der Waals surface area contributed by atoms with Crippen LogP contribution in [0.5, 0.6) is 0 Å². The van der Waals surface area contributed by atoms with Gasteiger partial charge in [-0.1, -0.05) is 6.92 Å². The van der Waals surface area contributed by atoms with Crippen molar-refractivity contribution in [2.45, 2.75) is 43.3 Å². The summed E-state index contributed by atoms with van der Waals surface area (Å²) in [6, 6.07) is 0. The fourth-order valence-electron chi connectivity index (χ4n) is 2.90. The summed E-state index contributed by atoms with van der Waals surface area (Å²) in [5, 5.41) is 3.22. The van der Waals surface area contributed by atoms with Gasteiger partial charge in [0.2, 0.25) is 0 Å². The van der Waals surface area contributed by atoms with Crippen molar-refractivity contribution < 1.29 is 13.2 Å². The van der Waals surface area contributed by atoms with Crippen molar-refractivity contribution in [2.75, 3.05) is 13.1 Å². The number of nitrogens with zero attached hydrogens (tertiary/aromatic N) is 2. The third kappa shape index (κ3) is 1.51. The Bertz CT molecular complexity index is 453. The average molecular weight is 259 g/mol. The highest BCUT2D eigenvalue weighted by molar-refractivity contribution is 5.23. The topological polar surface area (TPSA) is 29.9 Å². The molecule has 1 aromatic rings. The Kier molecular flexibility index (Phi) is 2.33. The number of aromatic nitrogens is 2. The lowest BCUT2D eigenvalue weighted by atomic mass is 9.86. The number of imidazole rings is 1. The second-order valence-corrected chi connectivity index (χ2v) is 5.67. The minimum absolute atomic E-state index is 0.170. The van der Waals surface area contributed by atoms with Crippen LogP contribution in [-0.4, -0.2) is 28.8 Å². The molecule has 0 spiro atoms. The fraction of sp³-hybridized carbons (Fsp3) is 0.750. The summed E-state index contributed by atoms with van der Waals surface area (Å²) < 4.78 is 40.9. The van der Waals surface area contributed by atoms with Crippen molar-refractivity contribution in [3.8, 4) is 0 Å². The van der Waals surface area contributed by atoms with Crippen LogP contribution < -0.4 is 5.32 Å². The van der Waals surface area contributed by atoms with Crippen molar-refractivity contribution in [3.05, 3.63) is 18.2 Å². The molecule has 2 aliphatic rings. The van der Waals surface area contributed by atoms with Crippen molar-refractivity contribution in [2.24, 2.45) is 0 Å². The van der Waals surface area contributed by atoms with Gasteiger partial charge in [-0.05, 0) is 25.8 Å². The number of halogens is 3. The summed E-state index contributed by atoms with van der Waals surface area (Å²) in [6.07, 6.45) is -0.0532. The Morgan fingerprint density at radius 3 is 2.56 bits per heavy atom. The summed E-state index contributed by atoms with van der Waals surface area (Å²) in [7, 11) is 0. The van der Waals surface area contributed by atoms with E-state index in [4.69, 9.17) is 0 Å². The first-order valence-electron chi connectivity index (χ1n) is 6.20. The minimum Gasteiger partial charge on any atom is -0.319 e. The molecule has 0 radical (unpaired) electrons. The molecule has 3 rings (SSSR count). The highest BCUT2D eigenvalue weighted by Crippen LogP contribution is 2.56. The number of hydrogen-bond donors (Lipinski definition) is 1. The van der Waals surface area contributed by atoms with E-state index >= 15 is 0 Å². The van der Waals surface area contributed by atoms with E-state index in [2.05, 4.69) is 10.3 Å². The standard InChI is InChI=1S/C12H16F3N3/c1-10(4-5-16-7-10)9-6-17-8-18(9)11(2-3-11)12(13,14)15/h6,8,16H,2-5,7H2,1H3. The van der Waals surface area contributed by atoms with Crippen LogP contribution in [0, 0.1) is 0 Å². The van der Waals surface area contributed by atoms with E-state index in [0.717, 1.165) is 13.0 Å². The van der Waals surface area contributed by atoms with Gasteiger partial charge in [0.05, 0.1) is 6.33 Å². The third-order valence-corrected chi connectivity index (χ3v) is 4.34. The summed E-state index contributed by atoms with van der Waals surface area (Å²) in [6.45, 7) is 3.57. The van der Waals surface area contributed by atoms with Gasteiger partial charge in [0.15, 0.2) is 0 Å². The first kappa shape index (κ1) is 12.0. The van der Waals surface area contributed by atoms with Gasteiger partial charge in [-0.2, -0.15) is 13.2 Å². The van der Waals surface area contributed by atoms with E-state index < -0.39 is 11.7 Å². The molecule has 1 aromatic heterocycles. The van der Waals surface area contributed by atoms with Crippen molar-refractivity contribution in [1.82, 2.24) is 14.9 Å². The van der Waals surface area contributed by atoms with Gasteiger partial charge in [-0.25, -0.2) is 4.98 Å². The van der Waals surface area contributed by atoms with Crippen LogP contribution in [0.2, 0.25) is 0 Å². The van der Waals surface area contributed by atoms with Gasteiger partial charge in [0.1, 0.15) is 5.54 Å². The van der Waals surface area contributed by atoms with Crippen LogP contribution in [-0.2, 0) is 11.0 Å². The minimum atomic E-state index is -4.19. The summed E-state index contributed by atoms with van der Waals surface area (Å²) in [4.78, 5) is 3.97. The van der Waals surface area contributed by atoms with Gasteiger partial charge >= 0.3 is 6.18 Å². The zero-order valence-electron chi connectivity index (χ0n) is 10.2. The Labute approximate surface area is 103 Å². The lowest BCUT2D eigenvalue weighted by Gasteiger charge is -2.29. The van der Waals surface area contributed by atoms with Gasteiger partial charge in [-0.3, -0.25) is 0 Å². The lowest BCUT2D eigenvalue weighted by molar-refractivity contribution is -0.180. The van der Waals surface area contributed by atoms with E-state index in [9.17, 15) is 13.2 Å².